The molecule has 1 aromatic rings. The molecule has 1 aromatic carbocycles. The summed E-state index contributed by atoms with van der Waals surface area (Å²) in [6.45, 7) is 1.76. The summed E-state index contributed by atoms with van der Waals surface area (Å²) in [7, 11) is 0. The molecular formula is C15H19NO5S. The van der Waals surface area contributed by atoms with Gasteiger partial charge in [0.15, 0.2) is 22.8 Å². The molecule has 1 heterocycles. The van der Waals surface area contributed by atoms with Crippen molar-refractivity contribution in [2.45, 2.75) is 25.3 Å². The van der Waals surface area contributed by atoms with E-state index in [-0.39, 0.29) is 19.0 Å². The summed E-state index contributed by atoms with van der Waals surface area (Å²) in [5.74, 6) is -0.891. The van der Waals surface area contributed by atoms with E-state index in [1.54, 1.807) is 19.1 Å². The number of fused-ring (bicyclic) bond motifs is 1. The Hall–Kier alpha value is -1.73. The predicted octanol–water partition coefficient (Wildman–Crippen LogP) is 1.26. The van der Waals surface area contributed by atoms with Crippen LogP contribution in [0.15, 0.2) is 18.2 Å². The maximum absolute atomic E-state index is 12.5. The molecule has 1 unspecified atom stereocenters. The molecule has 0 aliphatic carbocycles. The number of hydrogen-bond donors (Lipinski definition) is 3. The van der Waals surface area contributed by atoms with E-state index in [4.69, 9.17) is 15.2 Å². The fraction of sp³-hybridized carbons (Fsp3) is 0.467. The predicted molar refractivity (Wildman–Crippen MR) is 83.5 cm³/mol. The molecule has 2 atom stereocenters. The van der Waals surface area contributed by atoms with Crippen molar-refractivity contribution in [3.05, 3.63) is 23.8 Å². The highest BCUT2D eigenvalue weighted by molar-refractivity contribution is 7.80. The third kappa shape index (κ3) is 3.05. The van der Waals surface area contributed by atoms with Crippen LogP contribution < -0.4 is 15.2 Å². The molecule has 0 spiro atoms. The number of benzene rings is 1. The average Bonchev–Trinajstić information content (AvgIpc) is 2.98. The first-order chi connectivity index (χ1) is 10.4. The van der Waals surface area contributed by atoms with Gasteiger partial charge >= 0.3 is 5.97 Å². The lowest BCUT2D eigenvalue weighted by atomic mass is 9.82. The zero-order valence-electron chi connectivity index (χ0n) is 12.2. The molecule has 7 heteroatoms. The van der Waals surface area contributed by atoms with Crippen molar-refractivity contribution in [1.29, 1.82) is 0 Å². The summed E-state index contributed by atoms with van der Waals surface area (Å²) >= 11 is 4.18. The molecule has 22 heavy (non-hydrogen) atoms. The minimum Gasteiger partial charge on any atom is -0.480 e. The van der Waals surface area contributed by atoms with Crippen LogP contribution in [-0.2, 0) is 16.0 Å². The van der Waals surface area contributed by atoms with E-state index >= 15 is 0 Å². The number of ether oxygens (including phenoxy) is 2. The van der Waals surface area contributed by atoms with Gasteiger partial charge in [-0.25, -0.2) is 4.79 Å². The number of rotatable bonds is 7. The van der Waals surface area contributed by atoms with E-state index in [9.17, 15) is 14.7 Å². The molecule has 6 nitrogen and oxygen atoms in total. The van der Waals surface area contributed by atoms with Gasteiger partial charge in [-0.3, -0.25) is 4.79 Å². The second-order valence-corrected chi connectivity index (χ2v) is 5.63. The second kappa shape index (κ2) is 6.58. The smallest absolute Gasteiger partial charge is 0.331 e. The van der Waals surface area contributed by atoms with Crippen molar-refractivity contribution < 1.29 is 24.2 Å². The number of aliphatic carboxylic acids is 1. The van der Waals surface area contributed by atoms with E-state index in [1.165, 1.54) is 0 Å². The molecule has 0 aromatic heterocycles. The summed E-state index contributed by atoms with van der Waals surface area (Å²) in [6.07, 6.45) is 0.387. The maximum atomic E-state index is 12.5. The molecule has 0 bridgehead atoms. The van der Waals surface area contributed by atoms with Crippen LogP contribution >= 0.6 is 12.6 Å². The van der Waals surface area contributed by atoms with Crippen molar-refractivity contribution in [2.75, 3.05) is 12.5 Å². The Morgan fingerprint density at radius 1 is 1.41 bits per heavy atom. The van der Waals surface area contributed by atoms with Gasteiger partial charge in [0.05, 0.1) is 0 Å². The molecule has 1 aliphatic rings. The number of carbonyl (C=O) groups excluding carboxylic acids is 1. The second-order valence-electron chi connectivity index (χ2n) is 5.27. The standard InChI is InChI=1S/C15H19NO5S/c1-2-15(16,14(18)19)13(17)10(7-22)5-9-3-4-11-12(6-9)21-8-20-11/h3-4,6,10,22H,2,5,7-8,16H2,1H3,(H,18,19)/t10?,15-/m0/s1. The molecule has 0 saturated carbocycles. The highest BCUT2D eigenvalue weighted by Crippen LogP contribution is 2.33. The summed E-state index contributed by atoms with van der Waals surface area (Å²) in [5.41, 5.74) is 4.75. The molecule has 120 valence electrons. The van der Waals surface area contributed by atoms with E-state index in [0.29, 0.717) is 17.9 Å². The average molecular weight is 325 g/mol. The van der Waals surface area contributed by atoms with Crippen molar-refractivity contribution in [2.24, 2.45) is 11.7 Å². The van der Waals surface area contributed by atoms with Crippen LogP contribution in [0.25, 0.3) is 0 Å². The van der Waals surface area contributed by atoms with Gasteiger partial charge in [0, 0.05) is 11.7 Å². The van der Waals surface area contributed by atoms with Crippen LogP contribution in [0.3, 0.4) is 0 Å². The molecule has 0 saturated heterocycles. The van der Waals surface area contributed by atoms with Gasteiger partial charge in [0.25, 0.3) is 0 Å². The minimum absolute atomic E-state index is 0.0343. The summed E-state index contributed by atoms with van der Waals surface area (Å²) in [6, 6.07) is 5.38. The van der Waals surface area contributed by atoms with Crippen LogP contribution in [-0.4, -0.2) is 34.9 Å². The first kappa shape index (κ1) is 16.6. The van der Waals surface area contributed by atoms with Crippen molar-refractivity contribution in [3.8, 4) is 11.5 Å². The molecule has 0 radical (unpaired) electrons. The number of carbonyl (C=O) groups is 2. The van der Waals surface area contributed by atoms with E-state index in [0.717, 1.165) is 5.56 Å². The third-order valence-corrected chi connectivity index (χ3v) is 4.33. The van der Waals surface area contributed by atoms with Gasteiger partial charge in [-0.1, -0.05) is 13.0 Å². The van der Waals surface area contributed by atoms with Gasteiger partial charge in [-0.15, -0.1) is 0 Å². The normalized spacial score (nSPS) is 16.9. The van der Waals surface area contributed by atoms with Crippen LogP contribution in [0.1, 0.15) is 18.9 Å². The Morgan fingerprint density at radius 3 is 2.68 bits per heavy atom. The van der Waals surface area contributed by atoms with Gasteiger partial charge in [-0.05, 0) is 30.5 Å². The van der Waals surface area contributed by atoms with E-state index < -0.39 is 23.2 Å². The molecule has 3 N–H and O–H groups in total. The molecule has 2 rings (SSSR count). The quantitative estimate of drug-likeness (QED) is 0.516. The number of carboxylic acid groups (broad SMARTS) is 1. The largest absolute Gasteiger partial charge is 0.480 e. The van der Waals surface area contributed by atoms with E-state index in [2.05, 4.69) is 12.6 Å². The molecule has 0 amide bonds. The topological polar surface area (TPSA) is 98.9 Å². The van der Waals surface area contributed by atoms with Crippen molar-refractivity contribution in [1.82, 2.24) is 0 Å². The molecule has 1 aliphatic heterocycles. The highest BCUT2D eigenvalue weighted by atomic mass is 32.1. The SMILES string of the molecule is CC[C@@](N)(C(=O)O)C(=O)C(CS)Cc1ccc2c(c1)OCO2. The lowest BCUT2D eigenvalue weighted by Gasteiger charge is -2.26. The fourth-order valence-corrected chi connectivity index (χ4v) is 2.68. The number of hydrogen-bond acceptors (Lipinski definition) is 6. The van der Waals surface area contributed by atoms with Crippen LogP contribution in [0, 0.1) is 5.92 Å². The summed E-state index contributed by atoms with van der Waals surface area (Å²) < 4.78 is 10.5. The van der Waals surface area contributed by atoms with Crippen molar-refractivity contribution in [3.63, 3.8) is 0 Å². The summed E-state index contributed by atoms with van der Waals surface area (Å²) in [4.78, 5) is 23.8. The number of Topliss-reactive ketones (excluding diaryl/α,β-unsaturated/α-hetero) is 1. The Labute approximate surface area is 134 Å². The fourth-order valence-electron chi connectivity index (χ4n) is 2.39. The Kier molecular flexibility index (Phi) is 4.97. The Bertz CT molecular complexity index is 591. The summed E-state index contributed by atoms with van der Waals surface area (Å²) in [5, 5.41) is 9.23. The van der Waals surface area contributed by atoms with E-state index in [1.807, 2.05) is 6.07 Å². The lowest BCUT2D eigenvalue weighted by molar-refractivity contribution is -0.149. The van der Waals surface area contributed by atoms with Gasteiger partial charge in [0.1, 0.15) is 0 Å². The van der Waals surface area contributed by atoms with Gasteiger partial charge < -0.3 is 20.3 Å². The van der Waals surface area contributed by atoms with Crippen LogP contribution in [0.4, 0.5) is 0 Å². The molecular weight excluding hydrogens is 306 g/mol. The van der Waals surface area contributed by atoms with Gasteiger partial charge in [0.2, 0.25) is 6.79 Å². The number of ketones is 1. The number of nitrogens with two attached hydrogens (primary N) is 1. The number of carboxylic acids is 1. The first-order valence-corrected chi connectivity index (χ1v) is 7.61. The van der Waals surface area contributed by atoms with Crippen LogP contribution in [0.5, 0.6) is 11.5 Å². The third-order valence-electron chi connectivity index (χ3n) is 3.89. The lowest BCUT2D eigenvalue weighted by Crippen LogP contribution is -2.57. The Morgan fingerprint density at radius 2 is 2.09 bits per heavy atom. The van der Waals surface area contributed by atoms with Crippen molar-refractivity contribution >= 4 is 24.4 Å². The monoisotopic (exact) mass is 325 g/mol. The zero-order chi connectivity index (χ0) is 16.3. The minimum atomic E-state index is -1.87. The highest BCUT2D eigenvalue weighted by Gasteiger charge is 2.43. The van der Waals surface area contributed by atoms with Crippen LogP contribution in [0.2, 0.25) is 0 Å². The Balaban J connectivity index is 2.18. The number of thiol groups is 1. The maximum Gasteiger partial charge on any atom is 0.331 e. The first-order valence-electron chi connectivity index (χ1n) is 6.98. The zero-order valence-corrected chi connectivity index (χ0v) is 13.1. The van der Waals surface area contributed by atoms with Gasteiger partial charge in [-0.2, -0.15) is 12.6 Å². The molecule has 0 fully saturated rings.